The van der Waals surface area contributed by atoms with Crippen LogP contribution in [0.1, 0.15) is 32.5 Å². The van der Waals surface area contributed by atoms with Gasteiger partial charge in [-0.1, -0.05) is 36.4 Å². The molecule has 0 saturated heterocycles. The number of rotatable bonds is 4. The Morgan fingerprint density at radius 2 is 1.91 bits per heavy atom. The van der Waals surface area contributed by atoms with Gasteiger partial charge in [-0.05, 0) is 26.3 Å². The van der Waals surface area contributed by atoms with Crippen molar-refractivity contribution in [3.8, 4) is 0 Å². The van der Waals surface area contributed by atoms with Crippen LogP contribution >= 0.6 is 0 Å². The highest BCUT2D eigenvalue weighted by Crippen LogP contribution is 2.28. The average Bonchev–Trinajstić information content (AvgIpc) is 2.47. The van der Waals surface area contributed by atoms with Crippen LogP contribution in [0, 0.1) is 0 Å². The molecule has 4 atom stereocenters. The molecule has 5 heteroatoms. The van der Waals surface area contributed by atoms with Crippen LogP contribution in [-0.2, 0) is 9.53 Å². The largest absolute Gasteiger partial charge is 0.454 e. The van der Waals surface area contributed by atoms with Crippen LogP contribution in [0.5, 0.6) is 0 Å². The zero-order valence-electron chi connectivity index (χ0n) is 13.0. The second-order valence-electron chi connectivity index (χ2n) is 6.48. The molecule has 0 fully saturated rings. The Morgan fingerprint density at radius 1 is 1.27 bits per heavy atom. The Labute approximate surface area is 130 Å². The Balaban J connectivity index is 2.19. The number of carbonyl (C=O) groups is 1. The van der Waals surface area contributed by atoms with Gasteiger partial charge in [-0.25, -0.2) is 9.18 Å². The quantitative estimate of drug-likeness (QED) is 0.838. The van der Waals surface area contributed by atoms with Crippen molar-refractivity contribution in [2.24, 2.45) is 0 Å². The van der Waals surface area contributed by atoms with E-state index in [4.69, 9.17) is 4.74 Å². The lowest BCUT2D eigenvalue weighted by Crippen LogP contribution is -2.55. The normalized spacial score (nSPS) is 24.7. The fraction of sp³-hybridized carbons (Fsp3) is 0.471. The first-order chi connectivity index (χ1) is 10.3. The first-order valence-corrected chi connectivity index (χ1v) is 7.31. The van der Waals surface area contributed by atoms with Gasteiger partial charge in [0.25, 0.3) is 0 Å². The van der Waals surface area contributed by atoms with Crippen molar-refractivity contribution in [1.82, 2.24) is 5.32 Å². The number of halogens is 1. The first-order valence-electron chi connectivity index (χ1n) is 7.31. The van der Waals surface area contributed by atoms with E-state index in [1.54, 1.807) is 36.4 Å². The van der Waals surface area contributed by atoms with Crippen LogP contribution in [0.3, 0.4) is 0 Å². The lowest BCUT2D eigenvalue weighted by Gasteiger charge is -2.36. The van der Waals surface area contributed by atoms with Gasteiger partial charge in [-0.3, -0.25) is 0 Å². The first kappa shape index (κ1) is 16.6. The number of carbonyl (C=O) groups excluding carboxylic acids is 1. The summed E-state index contributed by atoms with van der Waals surface area (Å²) in [6, 6.07) is 7.92. The molecule has 22 heavy (non-hydrogen) atoms. The number of esters is 1. The number of nitrogens with one attached hydrogen (secondary N) is 1. The third kappa shape index (κ3) is 4.15. The molecule has 0 aliphatic carbocycles. The van der Waals surface area contributed by atoms with Gasteiger partial charge in [-0.2, -0.15) is 0 Å². The van der Waals surface area contributed by atoms with Gasteiger partial charge in [0.15, 0.2) is 6.17 Å². The molecule has 1 aromatic rings. The lowest BCUT2D eigenvalue weighted by molar-refractivity contribution is -0.156. The van der Waals surface area contributed by atoms with E-state index in [1.165, 1.54) is 6.08 Å². The third-order valence-electron chi connectivity index (χ3n) is 3.40. The van der Waals surface area contributed by atoms with Crippen LogP contribution in [-0.4, -0.2) is 34.9 Å². The summed E-state index contributed by atoms with van der Waals surface area (Å²) < 4.78 is 19.7. The molecule has 2 N–H and O–H groups in total. The molecule has 120 valence electrons. The summed E-state index contributed by atoms with van der Waals surface area (Å²) in [6.07, 6.45) is -1.15. The predicted molar refractivity (Wildman–Crippen MR) is 82.0 cm³/mol. The smallest absolute Gasteiger partial charge is 0.330 e. The van der Waals surface area contributed by atoms with Gasteiger partial charge in [-0.15, -0.1) is 0 Å². The summed E-state index contributed by atoms with van der Waals surface area (Å²) in [5.74, 6) is -0.573. The molecule has 0 amide bonds. The molecule has 0 radical (unpaired) electrons. The highest BCUT2D eigenvalue weighted by Gasteiger charge is 2.39. The van der Waals surface area contributed by atoms with Crippen LogP contribution < -0.4 is 5.32 Å². The van der Waals surface area contributed by atoms with Crippen molar-refractivity contribution in [2.45, 2.75) is 50.7 Å². The minimum Gasteiger partial charge on any atom is -0.454 e. The molecular formula is C17H22FNO3. The Hall–Kier alpha value is -1.72. The van der Waals surface area contributed by atoms with Crippen molar-refractivity contribution in [3.05, 3.63) is 48.0 Å². The summed E-state index contributed by atoms with van der Waals surface area (Å²) in [5, 5.41) is 13.6. The van der Waals surface area contributed by atoms with Crippen molar-refractivity contribution < 1.29 is 19.0 Å². The van der Waals surface area contributed by atoms with Gasteiger partial charge in [0, 0.05) is 11.6 Å². The van der Waals surface area contributed by atoms with E-state index in [-0.39, 0.29) is 5.54 Å². The number of alkyl halides is 1. The van der Waals surface area contributed by atoms with Crippen molar-refractivity contribution >= 4 is 5.97 Å². The number of hydrogen-bond donors (Lipinski definition) is 2. The maximum absolute atomic E-state index is 14.6. The number of ether oxygens (including phenoxy) is 1. The SMILES string of the molecule is CC(C)(C)NC1C=CC(=O)O[C@H]1[C@@H](O)[C@H](F)c1ccccc1. The predicted octanol–water partition coefficient (Wildman–Crippen LogP) is 2.30. The van der Waals surface area contributed by atoms with Gasteiger partial charge in [0.1, 0.15) is 12.2 Å². The molecule has 1 heterocycles. The van der Waals surface area contributed by atoms with Crippen LogP contribution in [0.4, 0.5) is 4.39 Å². The van der Waals surface area contributed by atoms with Gasteiger partial charge >= 0.3 is 5.97 Å². The van der Waals surface area contributed by atoms with E-state index in [0.717, 1.165) is 0 Å². The fourth-order valence-corrected chi connectivity index (χ4v) is 2.45. The zero-order valence-corrected chi connectivity index (χ0v) is 13.0. The maximum atomic E-state index is 14.6. The number of aliphatic hydroxyl groups excluding tert-OH is 1. The molecule has 1 aliphatic heterocycles. The molecule has 2 rings (SSSR count). The van der Waals surface area contributed by atoms with Crippen molar-refractivity contribution in [2.75, 3.05) is 0 Å². The monoisotopic (exact) mass is 307 g/mol. The second-order valence-corrected chi connectivity index (χ2v) is 6.48. The third-order valence-corrected chi connectivity index (χ3v) is 3.40. The number of hydrogen-bond acceptors (Lipinski definition) is 4. The van der Waals surface area contributed by atoms with Crippen molar-refractivity contribution in [3.63, 3.8) is 0 Å². The van der Waals surface area contributed by atoms with E-state index in [1.807, 2.05) is 20.8 Å². The topological polar surface area (TPSA) is 58.6 Å². The summed E-state index contributed by atoms with van der Waals surface area (Å²) >= 11 is 0. The average molecular weight is 307 g/mol. The molecule has 0 bridgehead atoms. The molecule has 1 unspecified atom stereocenters. The van der Waals surface area contributed by atoms with E-state index in [9.17, 15) is 14.3 Å². The van der Waals surface area contributed by atoms with Crippen molar-refractivity contribution in [1.29, 1.82) is 0 Å². The Kier molecular flexibility index (Phi) is 4.98. The highest BCUT2D eigenvalue weighted by molar-refractivity contribution is 5.83. The molecule has 1 aliphatic rings. The molecule has 4 nitrogen and oxygen atoms in total. The maximum Gasteiger partial charge on any atom is 0.330 e. The Morgan fingerprint density at radius 3 is 2.50 bits per heavy atom. The van der Waals surface area contributed by atoms with E-state index in [0.29, 0.717) is 5.56 Å². The van der Waals surface area contributed by atoms with E-state index < -0.39 is 30.4 Å². The van der Waals surface area contributed by atoms with Gasteiger partial charge < -0.3 is 15.2 Å². The minimum atomic E-state index is -1.63. The van der Waals surface area contributed by atoms with Gasteiger partial charge in [0.05, 0.1) is 6.04 Å². The molecule has 0 aromatic heterocycles. The van der Waals surface area contributed by atoms with Crippen LogP contribution in [0.15, 0.2) is 42.5 Å². The van der Waals surface area contributed by atoms with Crippen LogP contribution in [0.25, 0.3) is 0 Å². The number of benzene rings is 1. The number of aliphatic hydroxyl groups is 1. The second kappa shape index (κ2) is 6.58. The summed E-state index contributed by atoms with van der Waals surface area (Å²) in [7, 11) is 0. The molecular weight excluding hydrogens is 285 g/mol. The standard InChI is InChI=1S/C17H22FNO3/c1-17(2,3)19-12-9-10-13(20)22-16(12)15(21)14(18)11-7-5-4-6-8-11/h4-10,12,14-16,19,21H,1-3H3/t12?,14-,15+,16-/m1/s1. The van der Waals surface area contributed by atoms with E-state index >= 15 is 0 Å². The molecule has 1 aromatic carbocycles. The van der Waals surface area contributed by atoms with E-state index in [2.05, 4.69) is 5.32 Å². The fourth-order valence-electron chi connectivity index (χ4n) is 2.45. The Bertz CT molecular complexity index is 539. The van der Waals surface area contributed by atoms with Gasteiger partial charge in [0.2, 0.25) is 0 Å². The van der Waals surface area contributed by atoms with Crippen LogP contribution in [0.2, 0.25) is 0 Å². The zero-order chi connectivity index (χ0) is 16.3. The minimum absolute atomic E-state index is 0.269. The summed E-state index contributed by atoms with van der Waals surface area (Å²) in [4.78, 5) is 11.5. The highest BCUT2D eigenvalue weighted by atomic mass is 19.1. The lowest BCUT2D eigenvalue weighted by atomic mass is 9.93. The summed E-state index contributed by atoms with van der Waals surface area (Å²) in [6.45, 7) is 5.85. The summed E-state index contributed by atoms with van der Waals surface area (Å²) in [5.41, 5.74) is 0.0880. The molecule has 0 spiro atoms. The molecule has 0 saturated carbocycles. The number of cyclic esters (lactones) is 1.